The van der Waals surface area contributed by atoms with Crippen LogP contribution < -0.4 is 5.69 Å². The average molecular weight is 270 g/mol. The highest BCUT2D eigenvalue weighted by Crippen LogP contribution is 2.33. The van der Waals surface area contributed by atoms with E-state index in [1.165, 1.54) is 11.1 Å². The molecule has 4 nitrogen and oxygen atoms in total. The molecule has 1 aliphatic heterocycles. The van der Waals surface area contributed by atoms with Crippen molar-refractivity contribution in [3.05, 3.63) is 58.3 Å². The molecule has 2 heterocycles. The molecule has 1 saturated carbocycles. The fourth-order valence-corrected chi connectivity index (χ4v) is 3.00. The minimum atomic E-state index is -0.00676. The van der Waals surface area contributed by atoms with Crippen molar-refractivity contribution < 1.29 is 4.74 Å². The van der Waals surface area contributed by atoms with E-state index < -0.39 is 0 Å². The quantitative estimate of drug-likeness (QED) is 0.858. The molecule has 1 fully saturated rings. The fraction of sp³-hybridized carbons (Fsp3) is 0.438. The first-order valence-corrected chi connectivity index (χ1v) is 7.29. The molecule has 1 aromatic carbocycles. The van der Waals surface area contributed by atoms with Crippen molar-refractivity contribution in [2.45, 2.75) is 38.0 Å². The maximum Gasteiger partial charge on any atom is 0.328 e. The number of aromatic nitrogens is 2. The molecule has 20 heavy (non-hydrogen) atoms. The van der Waals surface area contributed by atoms with Crippen LogP contribution in [0.1, 0.15) is 36.1 Å². The predicted molar refractivity (Wildman–Crippen MR) is 75.8 cm³/mol. The average Bonchev–Trinajstić information content (AvgIpc) is 3.26. The third-order valence-corrected chi connectivity index (χ3v) is 4.27. The maximum atomic E-state index is 12.3. The summed E-state index contributed by atoms with van der Waals surface area (Å²) in [6.07, 6.45) is 7.02. The molecule has 0 saturated heterocycles. The zero-order valence-corrected chi connectivity index (χ0v) is 11.4. The Labute approximate surface area is 117 Å². The summed E-state index contributed by atoms with van der Waals surface area (Å²) in [5, 5.41) is 0. The van der Waals surface area contributed by atoms with E-state index in [4.69, 9.17) is 4.74 Å². The third-order valence-electron chi connectivity index (χ3n) is 4.27. The number of imidazole rings is 1. The molecule has 1 aliphatic carbocycles. The van der Waals surface area contributed by atoms with Gasteiger partial charge in [-0.1, -0.05) is 24.3 Å². The molecule has 0 amide bonds. The summed E-state index contributed by atoms with van der Waals surface area (Å²) in [5.74, 6) is 0. The lowest BCUT2D eigenvalue weighted by Crippen LogP contribution is -2.28. The van der Waals surface area contributed by atoms with Crippen molar-refractivity contribution in [1.82, 2.24) is 9.13 Å². The Bertz CT molecular complexity index is 682. The Balaban J connectivity index is 1.62. The molecule has 0 N–H and O–H groups in total. The molecule has 2 aromatic rings. The Morgan fingerprint density at radius 1 is 1.20 bits per heavy atom. The number of hydrogen-bond acceptors (Lipinski definition) is 2. The lowest BCUT2D eigenvalue weighted by Gasteiger charge is -2.26. The zero-order valence-electron chi connectivity index (χ0n) is 11.4. The smallest absolute Gasteiger partial charge is 0.328 e. The van der Waals surface area contributed by atoms with Gasteiger partial charge in [-0.15, -0.1) is 0 Å². The summed E-state index contributed by atoms with van der Waals surface area (Å²) >= 11 is 0. The second-order valence-corrected chi connectivity index (χ2v) is 5.68. The van der Waals surface area contributed by atoms with Crippen molar-refractivity contribution in [3.8, 4) is 0 Å². The molecule has 1 aromatic heterocycles. The van der Waals surface area contributed by atoms with Crippen molar-refractivity contribution >= 4 is 0 Å². The second-order valence-electron chi connectivity index (χ2n) is 5.68. The van der Waals surface area contributed by atoms with Crippen molar-refractivity contribution in [1.29, 1.82) is 0 Å². The minimum absolute atomic E-state index is 0.00676. The van der Waals surface area contributed by atoms with Crippen molar-refractivity contribution in [3.63, 3.8) is 0 Å². The van der Waals surface area contributed by atoms with E-state index in [2.05, 4.69) is 18.2 Å². The van der Waals surface area contributed by atoms with E-state index in [9.17, 15) is 4.79 Å². The molecule has 0 radical (unpaired) electrons. The molecule has 2 aliphatic rings. The highest BCUT2D eigenvalue weighted by Gasteiger charge is 2.27. The SMILES string of the molecule is O=c1n(CC2OCCc3ccccc32)ccn1C1CC1. The lowest BCUT2D eigenvalue weighted by atomic mass is 9.97. The van der Waals surface area contributed by atoms with E-state index >= 15 is 0 Å². The van der Waals surface area contributed by atoms with Crippen molar-refractivity contribution in [2.24, 2.45) is 0 Å². The van der Waals surface area contributed by atoms with Crippen LogP contribution in [-0.4, -0.2) is 15.7 Å². The van der Waals surface area contributed by atoms with Crippen LogP contribution >= 0.6 is 0 Å². The minimum Gasteiger partial charge on any atom is -0.371 e. The summed E-state index contributed by atoms with van der Waals surface area (Å²) < 4.78 is 9.52. The van der Waals surface area contributed by atoms with Crippen LogP contribution in [0.25, 0.3) is 0 Å². The molecule has 4 heteroatoms. The van der Waals surface area contributed by atoms with Gasteiger partial charge in [-0.05, 0) is 30.4 Å². The Morgan fingerprint density at radius 3 is 2.90 bits per heavy atom. The topological polar surface area (TPSA) is 36.2 Å². The maximum absolute atomic E-state index is 12.3. The highest BCUT2D eigenvalue weighted by atomic mass is 16.5. The number of hydrogen-bond donors (Lipinski definition) is 0. The predicted octanol–water partition coefficient (Wildman–Crippen LogP) is 2.30. The van der Waals surface area contributed by atoms with Crippen LogP contribution in [0.2, 0.25) is 0 Å². The number of fused-ring (bicyclic) bond motifs is 1. The van der Waals surface area contributed by atoms with Crippen LogP contribution in [0.15, 0.2) is 41.5 Å². The first kappa shape index (κ1) is 12.0. The number of benzene rings is 1. The lowest BCUT2D eigenvalue weighted by molar-refractivity contribution is 0.0299. The highest BCUT2D eigenvalue weighted by molar-refractivity contribution is 5.30. The fourth-order valence-electron chi connectivity index (χ4n) is 3.00. The van der Waals surface area contributed by atoms with Gasteiger partial charge in [0.15, 0.2) is 0 Å². The zero-order chi connectivity index (χ0) is 13.5. The first-order valence-electron chi connectivity index (χ1n) is 7.29. The molecule has 0 spiro atoms. The summed E-state index contributed by atoms with van der Waals surface area (Å²) in [4.78, 5) is 12.3. The van der Waals surface area contributed by atoms with E-state index in [1.54, 1.807) is 4.57 Å². The van der Waals surface area contributed by atoms with Gasteiger partial charge >= 0.3 is 5.69 Å². The van der Waals surface area contributed by atoms with Crippen LogP contribution in [0.3, 0.4) is 0 Å². The molecule has 1 atom stereocenters. The Kier molecular flexibility index (Phi) is 2.77. The largest absolute Gasteiger partial charge is 0.371 e. The molecule has 1 unspecified atom stereocenters. The van der Waals surface area contributed by atoms with Crippen LogP contribution in [0.5, 0.6) is 0 Å². The molecular weight excluding hydrogens is 252 g/mol. The first-order chi connectivity index (χ1) is 9.83. The molecule has 0 bridgehead atoms. The standard InChI is InChI=1S/C16H18N2O2/c19-16-17(8-9-18(16)13-5-6-13)11-15-14-4-2-1-3-12(14)7-10-20-15/h1-4,8-9,13,15H,5-7,10-11H2. The normalized spacial score (nSPS) is 21.7. The summed E-state index contributed by atoms with van der Waals surface area (Å²) in [7, 11) is 0. The molecule has 4 rings (SSSR count). The van der Waals surface area contributed by atoms with Crippen molar-refractivity contribution in [2.75, 3.05) is 6.61 Å². The monoisotopic (exact) mass is 270 g/mol. The molecular formula is C16H18N2O2. The third kappa shape index (κ3) is 2.00. The van der Waals surface area contributed by atoms with E-state index in [0.29, 0.717) is 12.6 Å². The van der Waals surface area contributed by atoms with Gasteiger partial charge in [0.1, 0.15) is 6.10 Å². The van der Waals surface area contributed by atoms with Gasteiger partial charge < -0.3 is 4.74 Å². The van der Waals surface area contributed by atoms with Gasteiger partial charge in [-0.3, -0.25) is 9.13 Å². The Hall–Kier alpha value is -1.81. The number of nitrogens with zero attached hydrogens (tertiary/aromatic N) is 2. The summed E-state index contributed by atoms with van der Waals surface area (Å²) in [6, 6.07) is 8.81. The van der Waals surface area contributed by atoms with E-state index in [-0.39, 0.29) is 11.8 Å². The number of ether oxygens (including phenoxy) is 1. The van der Waals surface area contributed by atoms with Gasteiger partial charge in [-0.25, -0.2) is 4.79 Å². The van der Waals surface area contributed by atoms with Gasteiger partial charge in [-0.2, -0.15) is 0 Å². The number of rotatable bonds is 3. The van der Waals surface area contributed by atoms with Gasteiger partial charge in [0.05, 0.1) is 13.2 Å². The van der Waals surface area contributed by atoms with Crippen LogP contribution in [0.4, 0.5) is 0 Å². The summed E-state index contributed by atoms with van der Waals surface area (Å²) in [6.45, 7) is 1.34. The second kappa shape index (κ2) is 4.63. The van der Waals surface area contributed by atoms with E-state index in [0.717, 1.165) is 25.9 Å². The van der Waals surface area contributed by atoms with Gasteiger partial charge in [0.25, 0.3) is 0 Å². The van der Waals surface area contributed by atoms with Gasteiger partial charge in [0.2, 0.25) is 0 Å². The van der Waals surface area contributed by atoms with Crippen LogP contribution in [0, 0.1) is 0 Å². The Morgan fingerprint density at radius 2 is 2.05 bits per heavy atom. The van der Waals surface area contributed by atoms with Crippen LogP contribution in [-0.2, 0) is 17.7 Å². The summed E-state index contributed by atoms with van der Waals surface area (Å²) in [5.41, 5.74) is 2.67. The van der Waals surface area contributed by atoms with E-state index in [1.807, 2.05) is 23.0 Å². The molecule has 104 valence electrons. The van der Waals surface area contributed by atoms with Gasteiger partial charge in [0, 0.05) is 18.4 Å².